The van der Waals surface area contributed by atoms with Crippen molar-refractivity contribution in [1.29, 1.82) is 0 Å². The quantitative estimate of drug-likeness (QED) is 0.622. The highest BCUT2D eigenvalue weighted by Gasteiger charge is 2.19. The van der Waals surface area contributed by atoms with E-state index in [2.05, 4.69) is 32.6 Å². The Bertz CT molecular complexity index is 990. The van der Waals surface area contributed by atoms with Crippen molar-refractivity contribution in [3.63, 3.8) is 0 Å². The summed E-state index contributed by atoms with van der Waals surface area (Å²) in [6.07, 6.45) is 10.7. The third-order valence-electron chi connectivity index (χ3n) is 4.88. The number of carbonyl (C=O) groups is 1. The molecular formula is C22H21ClN4O2. The molecular weight excluding hydrogens is 388 g/mol. The average Bonchev–Trinajstić information content (AvgIpc) is 3.27. The molecule has 0 bridgehead atoms. The number of ether oxygens (including phenoxy) is 1. The van der Waals surface area contributed by atoms with Crippen molar-refractivity contribution in [2.24, 2.45) is 0 Å². The van der Waals surface area contributed by atoms with Gasteiger partial charge < -0.3 is 10.1 Å². The summed E-state index contributed by atoms with van der Waals surface area (Å²) < 4.78 is 5.81. The van der Waals surface area contributed by atoms with Gasteiger partial charge in [-0.05, 0) is 49.4 Å². The van der Waals surface area contributed by atoms with Gasteiger partial charge in [-0.1, -0.05) is 35.4 Å². The van der Waals surface area contributed by atoms with Gasteiger partial charge in [0.1, 0.15) is 5.75 Å². The molecule has 1 saturated carbocycles. The average molecular weight is 409 g/mol. The fourth-order valence-electron chi connectivity index (χ4n) is 3.37. The van der Waals surface area contributed by atoms with Crippen molar-refractivity contribution in [3.05, 3.63) is 76.7 Å². The molecule has 1 aromatic carbocycles. The molecule has 2 heterocycles. The number of aromatic amines is 1. The van der Waals surface area contributed by atoms with Gasteiger partial charge in [0.15, 0.2) is 0 Å². The van der Waals surface area contributed by atoms with Crippen LogP contribution in [0.15, 0.2) is 60.6 Å². The molecule has 6 nitrogen and oxygen atoms in total. The SMILES string of the molecule is O=C(NC1CCC(=Cc2cccc(Oc3ccc(Cl)cn3)c2)CC1)c1cn[nH]c1. The van der Waals surface area contributed by atoms with Gasteiger partial charge in [-0.15, -0.1) is 0 Å². The van der Waals surface area contributed by atoms with E-state index in [4.69, 9.17) is 16.3 Å². The highest BCUT2D eigenvalue weighted by atomic mass is 35.5. The normalized spacial score (nSPS) is 16.3. The first-order chi connectivity index (χ1) is 14.2. The summed E-state index contributed by atoms with van der Waals surface area (Å²) in [5.74, 6) is 1.17. The maximum absolute atomic E-state index is 12.1. The lowest BCUT2D eigenvalue weighted by Crippen LogP contribution is -2.36. The van der Waals surface area contributed by atoms with Gasteiger partial charge in [-0.3, -0.25) is 9.89 Å². The minimum absolute atomic E-state index is 0.0724. The summed E-state index contributed by atoms with van der Waals surface area (Å²) in [7, 11) is 0. The van der Waals surface area contributed by atoms with Crippen molar-refractivity contribution >= 4 is 23.6 Å². The second kappa shape index (κ2) is 8.92. The smallest absolute Gasteiger partial charge is 0.254 e. The van der Waals surface area contributed by atoms with Gasteiger partial charge in [0.25, 0.3) is 5.91 Å². The van der Waals surface area contributed by atoms with E-state index in [0.29, 0.717) is 16.5 Å². The molecule has 2 N–H and O–H groups in total. The number of hydrogen-bond acceptors (Lipinski definition) is 4. The van der Waals surface area contributed by atoms with Crippen LogP contribution in [0.5, 0.6) is 11.6 Å². The second-order valence-corrected chi connectivity index (χ2v) is 7.46. The Balaban J connectivity index is 1.34. The van der Waals surface area contributed by atoms with Crippen molar-refractivity contribution in [2.75, 3.05) is 0 Å². The zero-order valence-corrected chi connectivity index (χ0v) is 16.5. The molecule has 3 aromatic rings. The highest BCUT2D eigenvalue weighted by molar-refractivity contribution is 6.30. The standard InChI is InChI=1S/C22H21ClN4O2/c23-18-6-9-21(24-14-18)29-20-3-1-2-16(11-20)10-15-4-7-19(8-5-15)27-22(28)17-12-25-26-13-17/h1-3,6,9-14,19H,4-5,7-8H2,(H,25,26)(H,27,28). The zero-order chi connectivity index (χ0) is 20.1. The predicted molar refractivity (Wildman–Crippen MR) is 112 cm³/mol. The summed E-state index contributed by atoms with van der Waals surface area (Å²) in [5.41, 5.74) is 3.03. The van der Waals surface area contributed by atoms with E-state index in [0.717, 1.165) is 37.0 Å². The first-order valence-electron chi connectivity index (χ1n) is 9.54. The topological polar surface area (TPSA) is 79.9 Å². The number of nitrogens with zero attached hydrogens (tertiary/aromatic N) is 2. The van der Waals surface area contributed by atoms with Crippen LogP contribution in [0, 0.1) is 0 Å². The van der Waals surface area contributed by atoms with Gasteiger partial charge in [0.05, 0.1) is 16.8 Å². The second-order valence-electron chi connectivity index (χ2n) is 7.03. The molecule has 29 heavy (non-hydrogen) atoms. The molecule has 0 radical (unpaired) electrons. The molecule has 0 aliphatic heterocycles. The van der Waals surface area contributed by atoms with Crippen LogP contribution in [0.1, 0.15) is 41.6 Å². The first-order valence-corrected chi connectivity index (χ1v) is 9.92. The van der Waals surface area contributed by atoms with Crippen LogP contribution in [0.2, 0.25) is 5.02 Å². The molecule has 148 valence electrons. The molecule has 2 aromatic heterocycles. The summed E-state index contributed by atoms with van der Waals surface area (Å²) in [6.45, 7) is 0. The van der Waals surface area contributed by atoms with Crippen LogP contribution < -0.4 is 10.1 Å². The molecule has 4 rings (SSSR count). The zero-order valence-electron chi connectivity index (χ0n) is 15.8. The van der Waals surface area contributed by atoms with Gasteiger partial charge in [-0.25, -0.2) is 4.98 Å². The maximum atomic E-state index is 12.1. The molecule has 0 atom stereocenters. The number of allylic oxidation sites excluding steroid dienone is 1. The Labute approximate surface area is 174 Å². The van der Waals surface area contributed by atoms with E-state index < -0.39 is 0 Å². The largest absolute Gasteiger partial charge is 0.439 e. The third kappa shape index (κ3) is 5.23. The van der Waals surface area contributed by atoms with Crippen molar-refractivity contribution in [1.82, 2.24) is 20.5 Å². The Morgan fingerprint density at radius 2 is 2.07 bits per heavy atom. The van der Waals surface area contributed by atoms with Crippen molar-refractivity contribution in [3.8, 4) is 11.6 Å². The van der Waals surface area contributed by atoms with E-state index in [1.54, 1.807) is 24.5 Å². The minimum atomic E-state index is -0.0724. The fraction of sp³-hybridized carbons (Fsp3) is 0.227. The fourth-order valence-corrected chi connectivity index (χ4v) is 3.48. The van der Waals surface area contributed by atoms with E-state index in [1.165, 1.54) is 11.8 Å². The Kier molecular flexibility index (Phi) is 5.91. The molecule has 1 aliphatic carbocycles. The summed E-state index contributed by atoms with van der Waals surface area (Å²) in [5, 5.41) is 10.1. The van der Waals surface area contributed by atoms with Gasteiger partial charge in [0.2, 0.25) is 5.88 Å². The Hall–Kier alpha value is -3.12. The van der Waals surface area contributed by atoms with Crippen molar-refractivity contribution < 1.29 is 9.53 Å². The van der Waals surface area contributed by atoms with Gasteiger partial charge in [0, 0.05) is 24.5 Å². The van der Waals surface area contributed by atoms with Crippen LogP contribution in [0.4, 0.5) is 0 Å². The van der Waals surface area contributed by atoms with Gasteiger partial charge in [-0.2, -0.15) is 5.10 Å². The summed E-state index contributed by atoms with van der Waals surface area (Å²) in [4.78, 5) is 16.3. The lowest BCUT2D eigenvalue weighted by atomic mass is 9.89. The van der Waals surface area contributed by atoms with E-state index in [9.17, 15) is 4.79 Å². The number of halogens is 1. The molecule has 7 heteroatoms. The van der Waals surface area contributed by atoms with Gasteiger partial charge >= 0.3 is 0 Å². The molecule has 1 fully saturated rings. The van der Waals surface area contributed by atoms with E-state index in [-0.39, 0.29) is 11.9 Å². The molecule has 1 amide bonds. The number of rotatable bonds is 5. The number of amides is 1. The van der Waals surface area contributed by atoms with Crippen molar-refractivity contribution in [2.45, 2.75) is 31.7 Å². The monoisotopic (exact) mass is 408 g/mol. The number of hydrogen-bond donors (Lipinski definition) is 2. The maximum Gasteiger partial charge on any atom is 0.254 e. The Morgan fingerprint density at radius 1 is 1.21 bits per heavy atom. The summed E-state index contributed by atoms with van der Waals surface area (Å²) in [6, 6.07) is 11.6. The van der Waals surface area contributed by atoms with Crippen LogP contribution in [0.3, 0.4) is 0 Å². The third-order valence-corrected chi connectivity index (χ3v) is 5.10. The van der Waals surface area contributed by atoms with Crippen LogP contribution >= 0.6 is 11.6 Å². The lowest BCUT2D eigenvalue weighted by molar-refractivity contribution is 0.0930. The van der Waals surface area contributed by atoms with Crippen LogP contribution in [-0.4, -0.2) is 27.1 Å². The van der Waals surface area contributed by atoms with E-state index >= 15 is 0 Å². The Morgan fingerprint density at radius 3 is 2.79 bits per heavy atom. The number of carbonyl (C=O) groups excluding carboxylic acids is 1. The highest BCUT2D eigenvalue weighted by Crippen LogP contribution is 2.28. The molecule has 0 saturated heterocycles. The first kappa shape index (κ1) is 19.2. The van der Waals surface area contributed by atoms with Crippen LogP contribution in [-0.2, 0) is 0 Å². The predicted octanol–water partition coefficient (Wildman–Crippen LogP) is 5.01. The number of nitrogens with one attached hydrogen (secondary N) is 2. The summed E-state index contributed by atoms with van der Waals surface area (Å²) >= 11 is 5.86. The molecule has 1 aliphatic rings. The minimum Gasteiger partial charge on any atom is -0.439 e. The number of aromatic nitrogens is 3. The van der Waals surface area contributed by atoms with Crippen LogP contribution in [0.25, 0.3) is 6.08 Å². The molecule has 0 spiro atoms. The number of pyridine rings is 1. The molecule has 0 unspecified atom stereocenters. The lowest BCUT2D eigenvalue weighted by Gasteiger charge is -2.24. The van der Waals surface area contributed by atoms with E-state index in [1.807, 2.05) is 18.2 Å². The number of H-pyrrole nitrogens is 1. The number of benzene rings is 1.